The van der Waals surface area contributed by atoms with Crippen LogP contribution in [0.2, 0.25) is 5.02 Å². The normalized spacial score (nSPS) is 12.8. The first kappa shape index (κ1) is 18.6. The van der Waals surface area contributed by atoms with E-state index in [1.807, 2.05) is 0 Å². The van der Waals surface area contributed by atoms with Crippen LogP contribution >= 0.6 is 22.9 Å². The molecule has 2 amide bonds. The number of fused-ring (bicyclic) bond motifs is 3. The lowest BCUT2D eigenvalue weighted by molar-refractivity contribution is -0.121. The molecule has 0 unspecified atom stereocenters. The Morgan fingerprint density at radius 3 is 2.75 bits per heavy atom. The Morgan fingerprint density at radius 1 is 1.18 bits per heavy atom. The van der Waals surface area contributed by atoms with Gasteiger partial charge in [-0.2, -0.15) is 0 Å². The van der Waals surface area contributed by atoms with Crippen LogP contribution in [-0.4, -0.2) is 21.8 Å². The molecule has 0 spiro atoms. The van der Waals surface area contributed by atoms with E-state index >= 15 is 0 Å². The first-order valence-electron chi connectivity index (χ1n) is 8.89. The fourth-order valence-corrected chi connectivity index (χ4v) is 4.67. The number of hydrazine groups is 1. The number of aromatic nitrogens is 2. The lowest BCUT2D eigenvalue weighted by Gasteiger charge is -2.07. The average molecular weight is 417 g/mol. The molecule has 4 rings (SSSR count). The highest BCUT2D eigenvalue weighted by Gasteiger charge is 2.21. The number of thiophene rings is 1. The van der Waals surface area contributed by atoms with E-state index in [0.717, 1.165) is 29.7 Å². The van der Waals surface area contributed by atoms with E-state index < -0.39 is 5.91 Å². The number of H-pyrrole nitrogens is 1. The Labute approximate surface area is 169 Å². The zero-order chi connectivity index (χ0) is 19.7. The van der Waals surface area contributed by atoms with E-state index in [1.54, 1.807) is 35.6 Å². The molecule has 1 aliphatic carbocycles. The minimum absolute atomic E-state index is 0.0838. The Balaban J connectivity index is 1.35. The van der Waals surface area contributed by atoms with Gasteiger partial charge in [-0.25, -0.2) is 4.98 Å². The summed E-state index contributed by atoms with van der Waals surface area (Å²) in [5.74, 6) is -0.346. The Bertz CT molecular complexity index is 1120. The number of carbonyl (C=O) groups is 2. The molecule has 0 saturated heterocycles. The van der Waals surface area contributed by atoms with Crippen molar-refractivity contribution >= 4 is 45.0 Å². The van der Waals surface area contributed by atoms with Crippen LogP contribution in [0.4, 0.5) is 0 Å². The van der Waals surface area contributed by atoms with Gasteiger partial charge < -0.3 is 4.98 Å². The van der Waals surface area contributed by atoms with Crippen LogP contribution in [0.1, 0.15) is 39.5 Å². The second-order valence-electron chi connectivity index (χ2n) is 6.56. The summed E-state index contributed by atoms with van der Waals surface area (Å²) in [7, 11) is 0. The molecule has 0 aliphatic heterocycles. The molecule has 1 aliphatic rings. The third-order valence-electron chi connectivity index (χ3n) is 4.63. The first-order chi connectivity index (χ1) is 13.5. The first-order valence-corrected chi connectivity index (χ1v) is 10.1. The van der Waals surface area contributed by atoms with Crippen molar-refractivity contribution in [2.75, 3.05) is 0 Å². The number of nitrogens with zero attached hydrogens (tertiary/aromatic N) is 1. The van der Waals surface area contributed by atoms with Crippen LogP contribution < -0.4 is 16.4 Å². The van der Waals surface area contributed by atoms with Gasteiger partial charge in [0, 0.05) is 28.3 Å². The lowest BCUT2D eigenvalue weighted by Crippen LogP contribution is -2.41. The van der Waals surface area contributed by atoms with Crippen molar-refractivity contribution in [2.24, 2.45) is 0 Å². The van der Waals surface area contributed by atoms with Gasteiger partial charge in [-0.15, -0.1) is 11.3 Å². The molecule has 0 atom stereocenters. The molecule has 3 N–H and O–H groups in total. The summed E-state index contributed by atoms with van der Waals surface area (Å²) in [6.45, 7) is 0. The van der Waals surface area contributed by atoms with Crippen LogP contribution in [0.15, 0.2) is 29.1 Å². The molecule has 0 radical (unpaired) electrons. The smallest absolute Gasteiger partial charge is 0.269 e. The van der Waals surface area contributed by atoms with Gasteiger partial charge in [-0.3, -0.25) is 25.2 Å². The fourth-order valence-electron chi connectivity index (χ4n) is 3.26. The molecule has 1 aromatic carbocycles. The van der Waals surface area contributed by atoms with E-state index in [2.05, 4.69) is 20.8 Å². The SMILES string of the molecule is O=C(CCc1nc2sc3c(c2c(=O)[nH]1)CCC3)NNC(=O)c1ccc(Cl)cc1. The number of benzene rings is 1. The zero-order valence-corrected chi connectivity index (χ0v) is 16.4. The van der Waals surface area contributed by atoms with Gasteiger partial charge in [0.15, 0.2) is 0 Å². The molecule has 28 heavy (non-hydrogen) atoms. The quantitative estimate of drug-likeness (QED) is 0.568. The van der Waals surface area contributed by atoms with Gasteiger partial charge in [-0.05, 0) is 49.1 Å². The number of amides is 2. The van der Waals surface area contributed by atoms with Crippen molar-refractivity contribution in [1.82, 2.24) is 20.8 Å². The van der Waals surface area contributed by atoms with Crippen LogP contribution in [0, 0.1) is 0 Å². The maximum Gasteiger partial charge on any atom is 0.269 e. The van der Waals surface area contributed by atoms with Crippen molar-refractivity contribution < 1.29 is 9.59 Å². The standard InChI is InChI=1S/C19H17ClN4O3S/c20-11-6-4-10(5-7-11)17(26)24-23-15(25)9-8-14-21-18(27)16-12-2-1-3-13(12)28-19(16)22-14/h4-7H,1-3,8-9H2,(H,23,25)(H,24,26)(H,21,22,27). The highest BCUT2D eigenvalue weighted by molar-refractivity contribution is 7.18. The van der Waals surface area contributed by atoms with E-state index in [4.69, 9.17) is 11.6 Å². The molecule has 9 heteroatoms. The summed E-state index contributed by atoms with van der Waals surface area (Å²) in [4.78, 5) is 45.6. The number of hydrogen-bond donors (Lipinski definition) is 3. The van der Waals surface area contributed by atoms with Gasteiger partial charge in [0.1, 0.15) is 10.7 Å². The van der Waals surface area contributed by atoms with E-state index in [0.29, 0.717) is 21.8 Å². The van der Waals surface area contributed by atoms with E-state index in [-0.39, 0.29) is 24.3 Å². The molecule has 0 fully saturated rings. The topological polar surface area (TPSA) is 104 Å². The molecule has 2 heterocycles. The third-order valence-corrected chi connectivity index (χ3v) is 6.07. The maximum absolute atomic E-state index is 12.4. The number of nitrogens with one attached hydrogen (secondary N) is 3. The van der Waals surface area contributed by atoms with Gasteiger partial charge in [0.2, 0.25) is 5.91 Å². The molecule has 0 saturated carbocycles. The largest absolute Gasteiger partial charge is 0.310 e. The number of carbonyl (C=O) groups excluding carboxylic acids is 2. The molecule has 7 nitrogen and oxygen atoms in total. The van der Waals surface area contributed by atoms with Crippen molar-refractivity contribution in [3.05, 3.63) is 61.5 Å². The van der Waals surface area contributed by atoms with E-state index in [9.17, 15) is 14.4 Å². The van der Waals surface area contributed by atoms with Crippen molar-refractivity contribution in [1.29, 1.82) is 0 Å². The lowest BCUT2D eigenvalue weighted by atomic mass is 10.2. The molecule has 3 aromatic rings. The summed E-state index contributed by atoms with van der Waals surface area (Å²) in [6, 6.07) is 6.31. The van der Waals surface area contributed by atoms with Crippen molar-refractivity contribution in [2.45, 2.75) is 32.1 Å². The third kappa shape index (κ3) is 3.79. The van der Waals surface area contributed by atoms with Crippen molar-refractivity contribution in [3.63, 3.8) is 0 Å². The molecule has 144 valence electrons. The van der Waals surface area contributed by atoms with Gasteiger partial charge in [0.05, 0.1) is 5.39 Å². The van der Waals surface area contributed by atoms with Gasteiger partial charge in [0.25, 0.3) is 11.5 Å². The fraction of sp³-hybridized carbons (Fsp3) is 0.263. The van der Waals surface area contributed by atoms with Crippen LogP contribution in [0.5, 0.6) is 0 Å². The number of hydrogen-bond acceptors (Lipinski definition) is 5. The zero-order valence-electron chi connectivity index (χ0n) is 14.8. The maximum atomic E-state index is 12.4. The van der Waals surface area contributed by atoms with Gasteiger partial charge >= 0.3 is 0 Å². The molecular formula is C19H17ClN4O3S. The summed E-state index contributed by atoms with van der Waals surface area (Å²) in [5.41, 5.74) is 6.08. The number of aromatic amines is 1. The molecule has 0 bridgehead atoms. The summed E-state index contributed by atoms with van der Waals surface area (Å²) in [5, 5.41) is 1.22. The highest BCUT2D eigenvalue weighted by Crippen LogP contribution is 2.34. The van der Waals surface area contributed by atoms with Gasteiger partial charge in [-0.1, -0.05) is 11.6 Å². The highest BCUT2D eigenvalue weighted by atomic mass is 35.5. The Morgan fingerprint density at radius 2 is 1.96 bits per heavy atom. The predicted octanol–water partition coefficient (Wildman–Crippen LogP) is 2.52. The minimum Gasteiger partial charge on any atom is -0.310 e. The second kappa shape index (κ2) is 7.73. The van der Waals surface area contributed by atoms with Crippen molar-refractivity contribution in [3.8, 4) is 0 Å². The summed E-state index contributed by atoms with van der Waals surface area (Å²) >= 11 is 7.34. The minimum atomic E-state index is -0.439. The number of rotatable bonds is 4. The molecular weight excluding hydrogens is 400 g/mol. The van der Waals surface area contributed by atoms with Crippen LogP contribution in [-0.2, 0) is 24.1 Å². The second-order valence-corrected chi connectivity index (χ2v) is 8.08. The summed E-state index contributed by atoms with van der Waals surface area (Å²) < 4.78 is 0. The number of halogens is 1. The van der Waals surface area contributed by atoms with Crippen LogP contribution in [0.25, 0.3) is 10.2 Å². The Hall–Kier alpha value is -2.71. The molecule has 2 aromatic heterocycles. The van der Waals surface area contributed by atoms with Crippen LogP contribution in [0.3, 0.4) is 0 Å². The predicted molar refractivity (Wildman–Crippen MR) is 108 cm³/mol. The summed E-state index contributed by atoms with van der Waals surface area (Å²) in [6.07, 6.45) is 3.37. The average Bonchev–Trinajstić information content (AvgIpc) is 3.25. The Kier molecular flexibility index (Phi) is 5.15. The van der Waals surface area contributed by atoms with E-state index in [1.165, 1.54) is 4.88 Å². The number of aryl methyl sites for hydroxylation is 3. The monoisotopic (exact) mass is 416 g/mol.